The number of likely N-dealkylation sites (N-methyl/N-ethyl adjacent to an activating group) is 1. The SMILES string of the molecule is CC[C@H]1OC(=O)[C@H](C)C(=O)[C@H](C)[C@@H](O[C@@H]2O[C@H](COCc3ccccc3)[C@@H](O)[C@H](N(C)C)[C@H]2O)[C@@](C)(OC)C[C@@H](C)C(=O)[C@H](C)[C@H]2N(CCCCn3cc(-c4ccccn4)nn3)C(=O)O[C@]12C. The second kappa shape index (κ2) is 22.2. The van der Waals surface area contributed by atoms with Crippen molar-refractivity contribution in [3.05, 3.63) is 66.5 Å². The Kier molecular flexibility index (Phi) is 17.1. The first-order valence-corrected chi connectivity index (χ1v) is 23.4. The Morgan fingerprint density at radius 1 is 0.896 bits per heavy atom. The molecule has 0 aliphatic carbocycles. The number of carbonyl (C=O) groups is 4. The maximum Gasteiger partial charge on any atom is 0.410 e. The molecule has 0 unspecified atom stereocenters. The first-order valence-electron chi connectivity index (χ1n) is 23.4. The lowest BCUT2D eigenvalue weighted by molar-refractivity contribution is -0.320. The van der Waals surface area contributed by atoms with E-state index in [9.17, 15) is 29.4 Å². The van der Waals surface area contributed by atoms with Gasteiger partial charge in [0.05, 0.1) is 48.9 Å². The zero-order valence-electron chi connectivity index (χ0n) is 40.5. The molecule has 67 heavy (non-hydrogen) atoms. The van der Waals surface area contributed by atoms with E-state index in [-0.39, 0.29) is 38.4 Å². The van der Waals surface area contributed by atoms with E-state index in [1.54, 1.807) is 76.3 Å². The molecule has 5 heterocycles. The van der Waals surface area contributed by atoms with Gasteiger partial charge in [0.1, 0.15) is 41.8 Å². The number of pyridine rings is 1. The Hall–Kier alpha value is -4.69. The van der Waals surface area contributed by atoms with E-state index in [4.69, 9.17) is 28.4 Å². The summed E-state index contributed by atoms with van der Waals surface area (Å²) in [4.78, 5) is 65.2. The highest BCUT2D eigenvalue weighted by molar-refractivity contribution is 6.00. The van der Waals surface area contributed by atoms with Crippen molar-refractivity contribution >= 4 is 23.6 Å². The van der Waals surface area contributed by atoms with Crippen molar-refractivity contribution < 1.29 is 57.8 Å². The van der Waals surface area contributed by atoms with E-state index in [0.29, 0.717) is 30.8 Å². The molecule has 2 aromatic heterocycles. The number of aryl methyl sites for hydroxylation is 1. The van der Waals surface area contributed by atoms with Gasteiger partial charge in [0.25, 0.3) is 0 Å². The highest BCUT2D eigenvalue weighted by atomic mass is 16.7. The summed E-state index contributed by atoms with van der Waals surface area (Å²) in [6.45, 7) is 12.8. The maximum absolute atomic E-state index is 14.9. The predicted molar refractivity (Wildman–Crippen MR) is 244 cm³/mol. The topological polar surface area (TPSA) is 214 Å². The summed E-state index contributed by atoms with van der Waals surface area (Å²) < 4.78 is 39.3. The van der Waals surface area contributed by atoms with Gasteiger partial charge in [0, 0.05) is 44.1 Å². The lowest BCUT2D eigenvalue weighted by Crippen LogP contribution is -2.65. The monoisotopic (exact) mass is 935 g/mol. The van der Waals surface area contributed by atoms with Gasteiger partial charge in [-0.05, 0) is 78.2 Å². The highest BCUT2D eigenvalue weighted by Crippen LogP contribution is 2.43. The molecule has 3 aliphatic rings. The Balaban J connectivity index is 1.26. The van der Waals surface area contributed by atoms with Gasteiger partial charge in [0.2, 0.25) is 0 Å². The number of Topliss-reactive ketones (excluding diaryl/α,β-unsaturated/α-hetero) is 2. The van der Waals surface area contributed by atoms with Gasteiger partial charge < -0.3 is 48.4 Å². The summed E-state index contributed by atoms with van der Waals surface area (Å²) in [5, 5.41) is 31.8. The molecule has 3 fully saturated rings. The number of benzene rings is 1. The smallest absolute Gasteiger partial charge is 0.410 e. The molecule has 1 amide bonds. The standard InChI is InChI=1S/C49H70N6O12/c1-11-37-49(7)43(55(47(61)67-49)24-18-17-23-54-26-35(51-52-54)34-21-15-16-22-50-34)30(3)39(56)29(2)25-48(6,62-10)44(31(4)40(57)32(5)45(60)65-37)66-46-42(59)38(53(8)9)41(58)36(64-46)28-63-27-33-19-13-12-14-20-33/h12-16,19-22,26,29-32,36-38,41-44,46,58-59H,11,17-18,23-25,27-28H2,1-10H3/t29-,30+,31+,32-,36-,37-,38+,41-,42-,43-,44-,46+,48+,49-/m1/s1. The quantitative estimate of drug-likeness (QED) is 0.122. The van der Waals surface area contributed by atoms with E-state index in [1.165, 1.54) is 14.0 Å². The number of hydrogen-bond donors (Lipinski definition) is 2. The van der Waals surface area contributed by atoms with Crippen LogP contribution in [0.3, 0.4) is 0 Å². The highest BCUT2D eigenvalue weighted by Gasteiger charge is 2.60. The number of carbonyl (C=O) groups excluding carboxylic acids is 4. The summed E-state index contributed by atoms with van der Waals surface area (Å²) in [7, 11) is 4.88. The van der Waals surface area contributed by atoms with Crippen LogP contribution in [0.5, 0.6) is 0 Å². The Bertz CT molecular complexity index is 2130. The molecule has 14 atom stereocenters. The van der Waals surface area contributed by atoms with Gasteiger partial charge in [0.15, 0.2) is 17.7 Å². The number of unbranched alkanes of at least 4 members (excludes halogenated alkanes) is 1. The van der Waals surface area contributed by atoms with Crippen LogP contribution in [0.4, 0.5) is 4.79 Å². The van der Waals surface area contributed by atoms with Gasteiger partial charge in [-0.1, -0.05) is 69.3 Å². The van der Waals surface area contributed by atoms with Crippen LogP contribution in [-0.4, -0.2) is 158 Å². The third-order valence-electron chi connectivity index (χ3n) is 14.0. The molecule has 3 saturated heterocycles. The molecule has 6 rings (SSSR count). The molecular weight excluding hydrogens is 865 g/mol. The number of fused-ring (bicyclic) bond motifs is 1. The van der Waals surface area contributed by atoms with Crippen molar-refractivity contribution in [1.82, 2.24) is 29.8 Å². The van der Waals surface area contributed by atoms with E-state index in [1.807, 2.05) is 54.7 Å². The van der Waals surface area contributed by atoms with Crippen molar-refractivity contribution in [1.29, 1.82) is 0 Å². The third kappa shape index (κ3) is 11.3. The number of rotatable bonds is 15. The Morgan fingerprint density at radius 3 is 2.25 bits per heavy atom. The van der Waals surface area contributed by atoms with Gasteiger partial charge in [-0.2, -0.15) is 0 Å². The first kappa shape index (κ1) is 51.7. The van der Waals surface area contributed by atoms with Crippen LogP contribution < -0.4 is 0 Å². The fourth-order valence-electron chi connectivity index (χ4n) is 10.3. The zero-order valence-corrected chi connectivity index (χ0v) is 40.5. The molecule has 0 spiro atoms. The molecule has 2 N–H and O–H groups in total. The first-order chi connectivity index (χ1) is 31.8. The average molecular weight is 935 g/mol. The fourth-order valence-corrected chi connectivity index (χ4v) is 10.3. The second-order valence-electron chi connectivity index (χ2n) is 19.1. The van der Waals surface area contributed by atoms with Crippen LogP contribution in [-0.2, 0) is 56.0 Å². The third-order valence-corrected chi connectivity index (χ3v) is 14.0. The number of hydrogen-bond acceptors (Lipinski definition) is 16. The van der Waals surface area contributed by atoms with Gasteiger partial charge >= 0.3 is 12.1 Å². The van der Waals surface area contributed by atoms with Crippen LogP contribution >= 0.6 is 0 Å². The summed E-state index contributed by atoms with van der Waals surface area (Å²) >= 11 is 0. The number of aromatic nitrogens is 4. The molecule has 0 radical (unpaired) electrons. The average Bonchev–Trinajstić information content (AvgIpc) is 3.89. The maximum atomic E-state index is 14.9. The second-order valence-corrected chi connectivity index (χ2v) is 19.1. The molecule has 0 saturated carbocycles. The molecule has 18 heteroatoms. The minimum atomic E-state index is -1.46. The minimum absolute atomic E-state index is 0.0355. The summed E-state index contributed by atoms with van der Waals surface area (Å²) in [6, 6.07) is 13.4. The van der Waals surface area contributed by atoms with Crippen LogP contribution in [0.25, 0.3) is 11.4 Å². The predicted octanol–water partition coefficient (Wildman–Crippen LogP) is 4.49. The summed E-state index contributed by atoms with van der Waals surface area (Å²) in [5.41, 5.74) is -0.604. The van der Waals surface area contributed by atoms with Crippen LogP contribution in [0, 0.1) is 23.7 Å². The Morgan fingerprint density at radius 2 is 1.60 bits per heavy atom. The van der Waals surface area contributed by atoms with Crippen LogP contribution in [0.15, 0.2) is 60.9 Å². The van der Waals surface area contributed by atoms with Gasteiger partial charge in [-0.3, -0.25) is 24.0 Å². The molecule has 368 valence electrons. The van der Waals surface area contributed by atoms with Crippen LogP contribution in [0.2, 0.25) is 0 Å². The number of ketones is 2. The number of aliphatic hydroxyl groups excluding tert-OH is 2. The summed E-state index contributed by atoms with van der Waals surface area (Å²) in [6.07, 6.45) is -2.92. The number of aliphatic hydroxyl groups is 2. The number of amides is 1. The van der Waals surface area contributed by atoms with Crippen molar-refractivity contribution in [3.8, 4) is 11.4 Å². The van der Waals surface area contributed by atoms with Crippen molar-refractivity contribution in [2.45, 2.75) is 147 Å². The number of methoxy groups -OCH3 is 1. The summed E-state index contributed by atoms with van der Waals surface area (Å²) in [5.74, 6) is -5.53. The molecular formula is C49H70N6O12. The molecule has 3 aromatic rings. The number of esters is 1. The lowest BCUT2D eigenvalue weighted by atomic mass is 9.73. The van der Waals surface area contributed by atoms with E-state index >= 15 is 0 Å². The van der Waals surface area contributed by atoms with Gasteiger partial charge in [-0.25, -0.2) is 4.79 Å². The van der Waals surface area contributed by atoms with E-state index in [2.05, 4.69) is 15.3 Å². The van der Waals surface area contributed by atoms with Gasteiger partial charge in [-0.15, -0.1) is 5.10 Å². The lowest BCUT2D eigenvalue weighted by Gasteiger charge is -2.48. The zero-order chi connectivity index (χ0) is 48.8. The van der Waals surface area contributed by atoms with Crippen molar-refractivity contribution in [3.63, 3.8) is 0 Å². The van der Waals surface area contributed by atoms with Crippen molar-refractivity contribution in [2.24, 2.45) is 23.7 Å². The molecule has 1 aromatic carbocycles. The molecule has 0 bridgehead atoms. The van der Waals surface area contributed by atoms with Crippen molar-refractivity contribution in [2.75, 3.05) is 34.4 Å². The minimum Gasteiger partial charge on any atom is -0.458 e. The molecule has 3 aliphatic heterocycles. The number of ether oxygens (including phenoxy) is 6. The fraction of sp³-hybridized carbons (Fsp3) is 0.653. The normalized spacial score (nSPS) is 34.4. The number of nitrogens with zero attached hydrogens (tertiary/aromatic N) is 6. The molecule has 18 nitrogen and oxygen atoms in total. The van der Waals surface area contributed by atoms with Crippen LogP contribution in [0.1, 0.15) is 79.7 Å². The van der Waals surface area contributed by atoms with E-state index < -0.39 is 102 Å². The number of cyclic esters (lactones) is 1. The van der Waals surface area contributed by atoms with E-state index in [0.717, 1.165) is 5.56 Å². The largest absolute Gasteiger partial charge is 0.458 e. The Labute approximate surface area is 393 Å².